The van der Waals surface area contributed by atoms with Crippen LogP contribution in [-0.4, -0.2) is 26.6 Å². The van der Waals surface area contributed by atoms with Gasteiger partial charge in [-0.1, -0.05) is 0 Å². The normalized spacial score (nSPS) is 14.5. The van der Waals surface area contributed by atoms with Crippen molar-refractivity contribution in [1.82, 2.24) is 4.73 Å². The summed E-state index contributed by atoms with van der Waals surface area (Å²) in [4.78, 5) is 21.7. The number of nitrogens with zero attached hydrogens (tertiary/aromatic N) is 1. The van der Waals surface area contributed by atoms with E-state index in [1.54, 1.807) is 0 Å². The zero-order valence-electron chi connectivity index (χ0n) is 8.17. The first-order chi connectivity index (χ1) is 6.83. The summed E-state index contributed by atoms with van der Waals surface area (Å²) in [5.41, 5.74) is 3.94. The van der Waals surface area contributed by atoms with E-state index in [0.29, 0.717) is 10.3 Å². The van der Waals surface area contributed by atoms with Crippen LogP contribution in [0.3, 0.4) is 0 Å². The first-order valence-corrected chi connectivity index (χ1v) is 4.26. The van der Waals surface area contributed by atoms with Crippen LogP contribution < -0.4 is 11.3 Å². The van der Waals surface area contributed by atoms with Crippen molar-refractivity contribution in [3.05, 3.63) is 34.2 Å². The number of aromatic nitrogens is 1. The topological polar surface area (TPSA) is 106 Å². The number of rotatable bonds is 3. The number of pyridine rings is 1. The number of carboxylic acid groups (broad SMARTS) is 1. The molecule has 6 heteroatoms. The maximum Gasteiger partial charge on any atom is 0.323 e. The van der Waals surface area contributed by atoms with Gasteiger partial charge in [-0.25, -0.2) is 0 Å². The summed E-state index contributed by atoms with van der Waals surface area (Å²) in [6.07, 6.45) is 1.17. The van der Waals surface area contributed by atoms with Crippen molar-refractivity contribution in [2.45, 2.75) is 18.9 Å². The van der Waals surface area contributed by atoms with Crippen molar-refractivity contribution < 1.29 is 15.1 Å². The molecule has 0 spiro atoms. The molecule has 4 N–H and O–H groups in total. The van der Waals surface area contributed by atoms with Crippen LogP contribution in [0.15, 0.2) is 23.1 Å². The summed E-state index contributed by atoms with van der Waals surface area (Å²) >= 11 is 0. The highest BCUT2D eigenvalue weighted by Crippen LogP contribution is 2.08. The first kappa shape index (κ1) is 11.3. The maximum atomic E-state index is 11.0. The van der Waals surface area contributed by atoms with Crippen molar-refractivity contribution in [1.29, 1.82) is 0 Å². The van der Waals surface area contributed by atoms with E-state index in [2.05, 4.69) is 0 Å². The Morgan fingerprint density at radius 2 is 2.27 bits per heavy atom. The van der Waals surface area contributed by atoms with Crippen LogP contribution in [0.5, 0.6) is 0 Å². The molecule has 0 fully saturated rings. The highest BCUT2D eigenvalue weighted by Gasteiger charge is 2.28. The molecule has 0 aliphatic rings. The summed E-state index contributed by atoms with van der Waals surface area (Å²) in [6, 6.07) is 2.59. The molecule has 0 bridgehead atoms. The fourth-order valence-electron chi connectivity index (χ4n) is 1.12. The van der Waals surface area contributed by atoms with E-state index in [4.69, 9.17) is 16.0 Å². The molecule has 1 aromatic rings. The Bertz CT molecular complexity index is 436. The molecule has 0 aliphatic heterocycles. The van der Waals surface area contributed by atoms with Crippen LogP contribution in [0.1, 0.15) is 12.5 Å². The second-order valence-electron chi connectivity index (χ2n) is 3.62. The average Bonchev–Trinajstić information content (AvgIpc) is 2.10. The third-order valence-electron chi connectivity index (χ3n) is 2.02. The zero-order valence-corrected chi connectivity index (χ0v) is 8.17. The summed E-state index contributed by atoms with van der Waals surface area (Å²) in [5, 5.41) is 17.7. The number of carboxylic acids is 1. The molecule has 0 aliphatic carbocycles. The Kier molecular flexibility index (Phi) is 2.81. The summed E-state index contributed by atoms with van der Waals surface area (Å²) in [7, 11) is 0. The Balaban J connectivity index is 2.96. The molecule has 82 valence electrons. The van der Waals surface area contributed by atoms with Crippen molar-refractivity contribution in [3.63, 3.8) is 0 Å². The summed E-state index contributed by atoms with van der Waals surface area (Å²) < 4.78 is 0.415. The minimum absolute atomic E-state index is 0.0262. The van der Waals surface area contributed by atoms with Crippen molar-refractivity contribution >= 4 is 5.97 Å². The first-order valence-electron chi connectivity index (χ1n) is 4.26. The Morgan fingerprint density at radius 3 is 2.73 bits per heavy atom. The lowest BCUT2D eigenvalue weighted by atomic mass is 9.95. The lowest BCUT2D eigenvalue weighted by Gasteiger charge is -2.18. The number of carbonyl (C=O) groups is 1. The van der Waals surface area contributed by atoms with E-state index < -0.39 is 17.1 Å². The second-order valence-corrected chi connectivity index (χ2v) is 3.62. The summed E-state index contributed by atoms with van der Waals surface area (Å²) in [6.45, 7) is 1.36. The van der Waals surface area contributed by atoms with Crippen molar-refractivity contribution in [3.8, 4) is 0 Å². The van der Waals surface area contributed by atoms with E-state index in [-0.39, 0.29) is 6.42 Å². The molecule has 1 rings (SSSR count). The lowest BCUT2D eigenvalue weighted by Crippen LogP contribution is -2.47. The summed E-state index contributed by atoms with van der Waals surface area (Å²) in [5.74, 6) is -1.14. The number of aliphatic carboxylic acids is 1. The molecular weight excluding hydrogens is 200 g/mol. The molecule has 0 saturated carbocycles. The van der Waals surface area contributed by atoms with Crippen LogP contribution in [-0.2, 0) is 11.2 Å². The molecule has 1 aromatic heterocycles. The Labute approximate surface area is 85.5 Å². The van der Waals surface area contributed by atoms with Crippen LogP contribution >= 0.6 is 0 Å². The fraction of sp³-hybridized carbons (Fsp3) is 0.333. The molecule has 0 radical (unpaired) electrons. The number of hydrogen-bond donors (Lipinski definition) is 3. The van der Waals surface area contributed by atoms with Gasteiger partial charge in [-0.05, 0) is 18.6 Å². The monoisotopic (exact) mass is 212 g/mol. The molecule has 0 amide bonds. The van der Waals surface area contributed by atoms with Gasteiger partial charge in [0.15, 0.2) is 0 Å². The smallest absolute Gasteiger partial charge is 0.323 e. The molecule has 1 unspecified atom stereocenters. The predicted molar refractivity (Wildman–Crippen MR) is 51.8 cm³/mol. The molecule has 0 aromatic carbocycles. The standard InChI is InChI=1S/C9H12N2O4/c1-9(10,8(13)14)5-6-2-3-11(15)7(12)4-6/h2-4,15H,5,10H2,1H3,(H,13,14). The minimum Gasteiger partial charge on any atom is -0.480 e. The van der Waals surface area contributed by atoms with Gasteiger partial charge >= 0.3 is 5.97 Å². The second kappa shape index (κ2) is 3.74. The van der Waals surface area contributed by atoms with E-state index in [1.807, 2.05) is 0 Å². The van der Waals surface area contributed by atoms with Gasteiger partial charge in [0.05, 0.1) is 0 Å². The quantitative estimate of drug-likeness (QED) is 0.582. The van der Waals surface area contributed by atoms with Gasteiger partial charge in [0.2, 0.25) is 0 Å². The largest absolute Gasteiger partial charge is 0.480 e. The molecular formula is C9H12N2O4. The van der Waals surface area contributed by atoms with Gasteiger partial charge in [-0.3, -0.25) is 9.59 Å². The third-order valence-corrected chi connectivity index (χ3v) is 2.02. The van der Waals surface area contributed by atoms with Crippen LogP contribution in [0.4, 0.5) is 0 Å². The van der Waals surface area contributed by atoms with Crippen molar-refractivity contribution in [2.75, 3.05) is 0 Å². The maximum absolute atomic E-state index is 11.0. The van der Waals surface area contributed by atoms with Gasteiger partial charge < -0.3 is 16.0 Å². The van der Waals surface area contributed by atoms with E-state index in [1.165, 1.54) is 13.0 Å². The van der Waals surface area contributed by atoms with E-state index in [9.17, 15) is 9.59 Å². The molecule has 6 nitrogen and oxygen atoms in total. The molecule has 15 heavy (non-hydrogen) atoms. The highest BCUT2D eigenvalue weighted by molar-refractivity contribution is 5.78. The van der Waals surface area contributed by atoms with Gasteiger partial charge in [0, 0.05) is 18.7 Å². The van der Waals surface area contributed by atoms with Crippen molar-refractivity contribution in [2.24, 2.45) is 5.73 Å². The van der Waals surface area contributed by atoms with Gasteiger partial charge in [0.25, 0.3) is 5.56 Å². The zero-order chi connectivity index (χ0) is 11.6. The fourth-order valence-corrected chi connectivity index (χ4v) is 1.12. The Hall–Kier alpha value is -1.82. The van der Waals surface area contributed by atoms with E-state index >= 15 is 0 Å². The number of nitrogens with two attached hydrogens (primary N) is 1. The SMILES string of the molecule is CC(N)(Cc1ccn(O)c(=O)c1)C(=O)O. The van der Waals surface area contributed by atoms with Crippen LogP contribution in [0.25, 0.3) is 0 Å². The van der Waals surface area contributed by atoms with Gasteiger partial charge in [-0.15, -0.1) is 0 Å². The number of hydrogen-bond acceptors (Lipinski definition) is 4. The Morgan fingerprint density at radius 1 is 1.67 bits per heavy atom. The molecule has 0 saturated heterocycles. The molecule has 1 heterocycles. The highest BCUT2D eigenvalue weighted by atomic mass is 16.5. The van der Waals surface area contributed by atoms with Gasteiger partial charge in [0.1, 0.15) is 5.54 Å². The minimum atomic E-state index is -1.42. The van der Waals surface area contributed by atoms with Crippen LogP contribution in [0, 0.1) is 0 Å². The van der Waals surface area contributed by atoms with E-state index in [0.717, 1.165) is 12.3 Å². The van der Waals surface area contributed by atoms with Gasteiger partial charge in [-0.2, -0.15) is 4.73 Å². The molecule has 1 atom stereocenters. The lowest BCUT2D eigenvalue weighted by molar-refractivity contribution is -0.142. The van der Waals surface area contributed by atoms with Crippen LogP contribution in [0.2, 0.25) is 0 Å². The third kappa shape index (κ3) is 2.57. The average molecular weight is 212 g/mol. The predicted octanol–water partition coefficient (Wildman–Crippen LogP) is -0.570.